The van der Waals surface area contributed by atoms with Gasteiger partial charge in [-0.15, -0.1) is 0 Å². The number of carbonyl (C=O) groups excluding carboxylic acids is 2. The number of nitrogens with one attached hydrogen (secondary N) is 2. The molecule has 164 valence electrons. The van der Waals surface area contributed by atoms with Crippen molar-refractivity contribution in [2.24, 2.45) is 5.10 Å². The van der Waals surface area contributed by atoms with Crippen molar-refractivity contribution in [2.45, 2.75) is 13.8 Å². The van der Waals surface area contributed by atoms with E-state index in [0.717, 1.165) is 22.4 Å². The summed E-state index contributed by atoms with van der Waals surface area (Å²) in [5.74, 6) is -1.65. The molecule has 2 amide bonds. The fourth-order valence-electron chi connectivity index (χ4n) is 3.23. The molecule has 0 radical (unpaired) electrons. The number of rotatable bonds is 5. The first-order valence-corrected chi connectivity index (χ1v) is 10.4. The van der Waals surface area contributed by atoms with Gasteiger partial charge in [-0.2, -0.15) is 10.2 Å². The van der Waals surface area contributed by atoms with Crippen molar-refractivity contribution in [3.05, 3.63) is 102 Å². The van der Waals surface area contributed by atoms with E-state index in [-0.39, 0.29) is 0 Å². The van der Waals surface area contributed by atoms with E-state index in [1.807, 2.05) is 86.8 Å². The summed E-state index contributed by atoms with van der Waals surface area (Å²) in [4.78, 5) is 24.4. The molecule has 0 fully saturated rings. The highest BCUT2D eigenvalue weighted by Gasteiger charge is 2.15. The van der Waals surface area contributed by atoms with Crippen LogP contribution in [0.4, 0.5) is 5.69 Å². The lowest BCUT2D eigenvalue weighted by molar-refractivity contribution is -0.136. The number of para-hydroxylation sites is 2. The maximum Gasteiger partial charge on any atom is 0.329 e. The number of carbonyl (C=O) groups is 2. The van der Waals surface area contributed by atoms with Crippen LogP contribution < -0.4 is 10.7 Å². The van der Waals surface area contributed by atoms with Crippen LogP contribution in [0.5, 0.6) is 0 Å². The molecule has 0 unspecified atom stereocenters. The molecule has 7 nitrogen and oxygen atoms in total. The third kappa shape index (κ3) is 5.22. The van der Waals surface area contributed by atoms with Crippen molar-refractivity contribution in [1.82, 2.24) is 15.2 Å². The molecule has 0 atom stereocenters. The fourth-order valence-corrected chi connectivity index (χ4v) is 3.23. The number of anilines is 1. The van der Waals surface area contributed by atoms with E-state index in [2.05, 4.69) is 15.8 Å². The lowest BCUT2D eigenvalue weighted by Crippen LogP contribution is -2.32. The molecule has 0 saturated heterocycles. The molecule has 2 N–H and O–H groups in total. The Morgan fingerprint density at radius 1 is 0.879 bits per heavy atom. The van der Waals surface area contributed by atoms with Crippen molar-refractivity contribution in [3.63, 3.8) is 0 Å². The molecular weight excluding hydrogens is 414 g/mol. The summed E-state index contributed by atoms with van der Waals surface area (Å²) in [6, 6.07) is 24.9. The third-order valence-corrected chi connectivity index (χ3v) is 5.06. The van der Waals surface area contributed by atoms with Crippen LogP contribution in [-0.4, -0.2) is 27.8 Å². The first kappa shape index (κ1) is 21.7. The second-order valence-corrected chi connectivity index (χ2v) is 7.55. The molecule has 0 aliphatic carbocycles. The zero-order valence-electron chi connectivity index (χ0n) is 18.3. The number of aromatic nitrogens is 2. The van der Waals surface area contributed by atoms with Gasteiger partial charge in [-0.3, -0.25) is 9.59 Å². The van der Waals surface area contributed by atoms with Crippen LogP contribution in [0.25, 0.3) is 16.9 Å². The molecule has 0 saturated carbocycles. The Bertz CT molecular complexity index is 1310. The Balaban J connectivity index is 1.54. The summed E-state index contributed by atoms with van der Waals surface area (Å²) in [5, 5.41) is 11.3. The van der Waals surface area contributed by atoms with Crippen LogP contribution in [0.2, 0.25) is 0 Å². The van der Waals surface area contributed by atoms with Gasteiger partial charge in [-0.05, 0) is 37.6 Å². The van der Waals surface area contributed by atoms with Gasteiger partial charge in [0.05, 0.1) is 11.9 Å². The largest absolute Gasteiger partial charge is 0.329 e. The number of hydrogen-bond acceptors (Lipinski definition) is 4. The van der Waals surface area contributed by atoms with Crippen molar-refractivity contribution >= 4 is 23.7 Å². The molecule has 1 heterocycles. The number of hydrogen-bond donors (Lipinski definition) is 2. The zero-order chi connectivity index (χ0) is 23.2. The molecule has 3 aromatic carbocycles. The van der Waals surface area contributed by atoms with Crippen molar-refractivity contribution in [2.75, 3.05) is 5.32 Å². The Hall–Kier alpha value is -4.52. The minimum Gasteiger partial charge on any atom is -0.317 e. The number of amides is 2. The summed E-state index contributed by atoms with van der Waals surface area (Å²) in [6.07, 6.45) is 3.31. The quantitative estimate of drug-likeness (QED) is 0.278. The minimum atomic E-state index is -0.859. The molecule has 7 heteroatoms. The van der Waals surface area contributed by atoms with Gasteiger partial charge in [0.1, 0.15) is 5.69 Å². The first-order valence-electron chi connectivity index (χ1n) is 10.4. The second kappa shape index (κ2) is 9.74. The molecule has 4 aromatic rings. The van der Waals surface area contributed by atoms with E-state index in [1.165, 1.54) is 6.21 Å². The Morgan fingerprint density at radius 2 is 1.58 bits per heavy atom. The zero-order valence-corrected chi connectivity index (χ0v) is 18.3. The SMILES string of the molecule is Cc1ccc(-c2nn(-c3ccccc3)cc2/C=N\NC(=O)C(=O)Nc2ccccc2C)cc1. The number of hydrazone groups is 1. The lowest BCUT2D eigenvalue weighted by Gasteiger charge is -2.06. The topological polar surface area (TPSA) is 88.4 Å². The first-order chi connectivity index (χ1) is 16.0. The Morgan fingerprint density at radius 3 is 2.30 bits per heavy atom. The monoisotopic (exact) mass is 437 g/mol. The van der Waals surface area contributed by atoms with Gasteiger partial charge < -0.3 is 5.32 Å². The lowest BCUT2D eigenvalue weighted by atomic mass is 10.1. The molecule has 4 rings (SSSR count). The molecule has 0 spiro atoms. The number of aryl methyl sites for hydroxylation is 2. The van der Waals surface area contributed by atoms with E-state index in [1.54, 1.807) is 16.8 Å². The smallest absolute Gasteiger partial charge is 0.317 e. The summed E-state index contributed by atoms with van der Waals surface area (Å²) in [5.41, 5.74) is 8.09. The normalized spacial score (nSPS) is 10.8. The molecular formula is C26H23N5O2. The van der Waals surface area contributed by atoms with E-state index < -0.39 is 11.8 Å². The van der Waals surface area contributed by atoms with E-state index in [0.29, 0.717) is 16.9 Å². The van der Waals surface area contributed by atoms with Crippen molar-refractivity contribution < 1.29 is 9.59 Å². The highest BCUT2D eigenvalue weighted by atomic mass is 16.2. The number of benzene rings is 3. The summed E-state index contributed by atoms with van der Waals surface area (Å²) >= 11 is 0. The minimum absolute atomic E-state index is 0.576. The predicted octanol–water partition coefficient (Wildman–Crippen LogP) is 4.24. The van der Waals surface area contributed by atoms with E-state index in [9.17, 15) is 9.59 Å². The van der Waals surface area contributed by atoms with E-state index >= 15 is 0 Å². The van der Waals surface area contributed by atoms with E-state index in [4.69, 9.17) is 5.10 Å². The van der Waals surface area contributed by atoms with Gasteiger partial charge in [0.15, 0.2) is 0 Å². The highest BCUT2D eigenvalue weighted by molar-refractivity contribution is 6.39. The van der Waals surface area contributed by atoms with Crippen LogP contribution in [0.15, 0.2) is 90.2 Å². The van der Waals surface area contributed by atoms with Gasteiger partial charge >= 0.3 is 11.8 Å². The van der Waals surface area contributed by atoms with Gasteiger partial charge in [0.2, 0.25) is 0 Å². The van der Waals surface area contributed by atoms with Crippen molar-refractivity contribution in [1.29, 1.82) is 0 Å². The maximum absolute atomic E-state index is 12.2. The Kier molecular flexibility index (Phi) is 6.40. The molecule has 0 aliphatic heterocycles. The Labute approximate surface area is 191 Å². The summed E-state index contributed by atoms with van der Waals surface area (Å²) in [7, 11) is 0. The average Bonchev–Trinajstić information content (AvgIpc) is 3.25. The summed E-state index contributed by atoms with van der Waals surface area (Å²) in [6.45, 7) is 3.87. The maximum atomic E-state index is 12.2. The predicted molar refractivity (Wildman–Crippen MR) is 129 cm³/mol. The standard InChI is InChI=1S/C26H23N5O2/c1-18-12-14-20(15-13-18)24-21(17-31(30-24)22-9-4-3-5-10-22)16-27-29-26(33)25(32)28-23-11-7-6-8-19(23)2/h3-17H,1-2H3,(H,28,32)(H,29,33)/b27-16-. The summed E-state index contributed by atoms with van der Waals surface area (Å²) < 4.78 is 1.75. The van der Waals surface area contributed by atoms with Crippen LogP contribution in [0.3, 0.4) is 0 Å². The molecule has 0 bridgehead atoms. The van der Waals surface area contributed by atoms with Crippen molar-refractivity contribution in [3.8, 4) is 16.9 Å². The van der Waals surface area contributed by atoms with Gasteiger partial charge in [-0.25, -0.2) is 10.1 Å². The molecule has 0 aliphatic rings. The third-order valence-electron chi connectivity index (χ3n) is 5.06. The second-order valence-electron chi connectivity index (χ2n) is 7.55. The van der Waals surface area contributed by atoms with Crippen LogP contribution in [-0.2, 0) is 9.59 Å². The molecule has 33 heavy (non-hydrogen) atoms. The van der Waals surface area contributed by atoms with Gasteiger partial charge in [0, 0.05) is 23.0 Å². The average molecular weight is 438 g/mol. The highest BCUT2D eigenvalue weighted by Crippen LogP contribution is 2.23. The fraction of sp³-hybridized carbons (Fsp3) is 0.0769. The molecule has 1 aromatic heterocycles. The van der Waals surface area contributed by atoms with Gasteiger partial charge in [0.25, 0.3) is 0 Å². The van der Waals surface area contributed by atoms with Crippen LogP contribution >= 0.6 is 0 Å². The van der Waals surface area contributed by atoms with Crippen LogP contribution in [0.1, 0.15) is 16.7 Å². The van der Waals surface area contributed by atoms with Crippen LogP contribution in [0, 0.1) is 13.8 Å². The number of nitrogens with zero attached hydrogens (tertiary/aromatic N) is 3. The van der Waals surface area contributed by atoms with Gasteiger partial charge in [-0.1, -0.05) is 66.2 Å².